The maximum absolute atomic E-state index is 11.4. The summed E-state index contributed by atoms with van der Waals surface area (Å²) in [7, 11) is 1.82. The van der Waals surface area contributed by atoms with Crippen LogP contribution in [0.15, 0.2) is 53.1 Å². The Kier molecular flexibility index (Phi) is 4.58. The highest BCUT2D eigenvalue weighted by atomic mass is 16.4. The van der Waals surface area contributed by atoms with Crippen LogP contribution in [-0.4, -0.2) is 29.1 Å². The molecule has 4 heteroatoms. The van der Waals surface area contributed by atoms with E-state index in [1.807, 2.05) is 61.3 Å². The number of hydrogen-bond donors (Lipinski definition) is 1. The fourth-order valence-electron chi connectivity index (χ4n) is 2.50. The topological polar surface area (TPSA) is 53.7 Å². The molecule has 0 aliphatic carbocycles. The van der Waals surface area contributed by atoms with E-state index in [0.717, 1.165) is 11.3 Å². The molecule has 0 aliphatic rings. The number of carboxylic acids is 1. The standard InChI is InChI=1S/C16H19NO3/c1-3-13(16(18)19)17(2)15(14-10-7-11-20-14)12-8-5-4-6-9-12/h4-11,13,15H,3H2,1-2H3,(H,18,19). The van der Waals surface area contributed by atoms with E-state index in [4.69, 9.17) is 4.42 Å². The van der Waals surface area contributed by atoms with E-state index in [0.29, 0.717) is 6.42 Å². The lowest BCUT2D eigenvalue weighted by Gasteiger charge is -2.31. The summed E-state index contributed by atoms with van der Waals surface area (Å²) in [6, 6.07) is 12.7. The number of likely N-dealkylation sites (N-methyl/N-ethyl adjacent to an activating group) is 1. The molecule has 20 heavy (non-hydrogen) atoms. The van der Waals surface area contributed by atoms with E-state index < -0.39 is 12.0 Å². The van der Waals surface area contributed by atoms with Crippen LogP contribution in [0.5, 0.6) is 0 Å². The summed E-state index contributed by atoms with van der Waals surface area (Å²) in [6.07, 6.45) is 2.15. The molecule has 2 rings (SSSR count). The molecule has 106 valence electrons. The highest BCUT2D eigenvalue weighted by Gasteiger charge is 2.30. The molecule has 0 aliphatic heterocycles. The zero-order valence-electron chi connectivity index (χ0n) is 11.7. The number of furan rings is 1. The van der Waals surface area contributed by atoms with E-state index in [2.05, 4.69) is 0 Å². The molecule has 2 atom stereocenters. The molecule has 0 saturated heterocycles. The molecule has 0 fully saturated rings. The molecule has 1 aromatic heterocycles. The molecule has 1 aromatic carbocycles. The fraction of sp³-hybridized carbons (Fsp3) is 0.312. The number of rotatable bonds is 6. The van der Waals surface area contributed by atoms with Gasteiger partial charge in [-0.05, 0) is 31.2 Å². The van der Waals surface area contributed by atoms with Crippen molar-refractivity contribution in [2.75, 3.05) is 7.05 Å². The van der Waals surface area contributed by atoms with Gasteiger partial charge in [0.2, 0.25) is 0 Å². The van der Waals surface area contributed by atoms with Gasteiger partial charge >= 0.3 is 5.97 Å². The SMILES string of the molecule is CCC(C(=O)O)N(C)C(c1ccccc1)c1ccco1. The van der Waals surface area contributed by atoms with Crippen molar-refractivity contribution in [2.24, 2.45) is 0 Å². The van der Waals surface area contributed by atoms with Gasteiger partial charge in [-0.1, -0.05) is 37.3 Å². The van der Waals surface area contributed by atoms with Crippen LogP contribution in [-0.2, 0) is 4.79 Å². The summed E-state index contributed by atoms with van der Waals surface area (Å²) < 4.78 is 5.51. The van der Waals surface area contributed by atoms with Crippen molar-refractivity contribution < 1.29 is 14.3 Å². The summed E-state index contributed by atoms with van der Waals surface area (Å²) in [5.74, 6) is -0.0686. The molecule has 2 aromatic rings. The Balaban J connectivity index is 2.40. The van der Waals surface area contributed by atoms with Gasteiger partial charge in [-0.2, -0.15) is 0 Å². The number of nitrogens with zero attached hydrogens (tertiary/aromatic N) is 1. The van der Waals surface area contributed by atoms with E-state index in [1.54, 1.807) is 6.26 Å². The van der Waals surface area contributed by atoms with Crippen LogP contribution in [0, 0.1) is 0 Å². The van der Waals surface area contributed by atoms with Crippen molar-refractivity contribution in [3.8, 4) is 0 Å². The largest absolute Gasteiger partial charge is 0.480 e. The van der Waals surface area contributed by atoms with Gasteiger partial charge in [0.1, 0.15) is 11.8 Å². The molecule has 0 amide bonds. The van der Waals surface area contributed by atoms with E-state index in [9.17, 15) is 9.90 Å². The van der Waals surface area contributed by atoms with Gasteiger partial charge in [-0.3, -0.25) is 9.69 Å². The van der Waals surface area contributed by atoms with Crippen molar-refractivity contribution >= 4 is 5.97 Å². The molecular formula is C16H19NO3. The third-order valence-corrected chi connectivity index (χ3v) is 3.50. The van der Waals surface area contributed by atoms with Crippen LogP contribution < -0.4 is 0 Å². The van der Waals surface area contributed by atoms with Gasteiger partial charge in [0, 0.05) is 0 Å². The number of carboxylic acid groups (broad SMARTS) is 1. The summed E-state index contributed by atoms with van der Waals surface area (Å²) in [6.45, 7) is 1.87. The summed E-state index contributed by atoms with van der Waals surface area (Å²) in [5.41, 5.74) is 1.02. The molecular weight excluding hydrogens is 254 g/mol. The van der Waals surface area contributed by atoms with E-state index >= 15 is 0 Å². The Bertz CT molecular complexity index is 536. The number of aliphatic carboxylic acids is 1. The van der Waals surface area contributed by atoms with Crippen molar-refractivity contribution in [3.05, 3.63) is 60.1 Å². The van der Waals surface area contributed by atoms with Gasteiger partial charge in [0.25, 0.3) is 0 Å². The lowest BCUT2D eigenvalue weighted by Crippen LogP contribution is -2.40. The Labute approximate surface area is 118 Å². The lowest BCUT2D eigenvalue weighted by atomic mass is 10.0. The predicted molar refractivity (Wildman–Crippen MR) is 76.5 cm³/mol. The first-order chi connectivity index (χ1) is 9.65. The Morgan fingerprint density at radius 2 is 1.95 bits per heavy atom. The van der Waals surface area contributed by atoms with Gasteiger partial charge < -0.3 is 9.52 Å². The third-order valence-electron chi connectivity index (χ3n) is 3.50. The highest BCUT2D eigenvalue weighted by molar-refractivity contribution is 5.73. The van der Waals surface area contributed by atoms with Gasteiger partial charge in [-0.15, -0.1) is 0 Å². The summed E-state index contributed by atoms with van der Waals surface area (Å²) in [5, 5.41) is 9.36. The maximum Gasteiger partial charge on any atom is 0.320 e. The predicted octanol–water partition coefficient (Wildman–Crippen LogP) is 3.16. The fourth-order valence-corrected chi connectivity index (χ4v) is 2.50. The lowest BCUT2D eigenvalue weighted by molar-refractivity contribution is -0.143. The monoisotopic (exact) mass is 273 g/mol. The molecule has 0 radical (unpaired) electrons. The van der Waals surface area contributed by atoms with E-state index in [1.165, 1.54) is 0 Å². The second-order valence-electron chi connectivity index (χ2n) is 4.76. The molecule has 0 bridgehead atoms. The quantitative estimate of drug-likeness (QED) is 0.878. The third kappa shape index (κ3) is 2.91. The molecule has 0 saturated carbocycles. The van der Waals surface area contributed by atoms with Gasteiger partial charge in [-0.25, -0.2) is 0 Å². The first-order valence-electron chi connectivity index (χ1n) is 6.68. The summed E-state index contributed by atoms with van der Waals surface area (Å²) >= 11 is 0. The highest BCUT2D eigenvalue weighted by Crippen LogP contribution is 2.30. The average Bonchev–Trinajstić information content (AvgIpc) is 2.94. The maximum atomic E-state index is 11.4. The first-order valence-corrected chi connectivity index (χ1v) is 6.68. The van der Waals surface area contributed by atoms with Crippen LogP contribution in [0.2, 0.25) is 0 Å². The second kappa shape index (κ2) is 6.39. The minimum atomic E-state index is -0.817. The molecule has 4 nitrogen and oxygen atoms in total. The Morgan fingerprint density at radius 1 is 1.25 bits per heavy atom. The minimum absolute atomic E-state index is 0.202. The Morgan fingerprint density at radius 3 is 2.45 bits per heavy atom. The zero-order chi connectivity index (χ0) is 14.5. The first kappa shape index (κ1) is 14.3. The van der Waals surface area contributed by atoms with Crippen molar-refractivity contribution in [3.63, 3.8) is 0 Å². The second-order valence-corrected chi connectivity index (χ2v) is 4.76. The van der Waals surface area contributed by atoms with Crippen molar-refractivity contribution in [1.82, 2.24) is 4.90 Å². The van der Waals surface area contributed by atoms with Gasteiger partial charge in [0.05, 0.1) is 12.3 Å². The molecule has 2 unspecified atom stereocenters. The molecule has 1 heterocycles. The number of hydrogen-bond acceptors (Lipinski definition) is 3. The van der Waals surface area contributed by atoms with Crippen LogP contribution in [0.4, 0.5) is 0 Å². The number of benzene rings is 1. The summed E-state index contributed by atoms with van der Waals surface area (Å²) in [4.78, 5) is 13.2. The van der Waals surface area contributed by atoms with Crippen molar-refractivity contribution in [2.45, 2.75) is 25.4 Å². The normalized spacial score (nSPS) is 14.2. The average molecular weight is 273 g/mol. The van der Waals surface area contributed by atoms with Crippen LogP contribution >= 0.6 is 0 Å². The number of carbonyl (C=O) groups is 1. The Hall–Kier alpha value is -2.07. The molecule has 0 spiro atoms. The van der Waals surface area contributed by atoms with E-state index in [-0.39, 0.29) is 6.04 Å². The van der Waals surface area contributed by atoms with Crippen LogP contribution in [0.3, 0.4) is 0 Å². The van der Waals surface area contributed by atoms with Crippen molar-refractivity contribution in [1.29, 1.82) is 0 Å². The van der Waals surface area contributed by atoms with Crippen LogP contribution in [0.1, 0.15) is 30.7 Å². The minimum Gasteiger partial charge on any atom is -0.480 e. The van der Waals surface area contributed by atoms with Crippen LogP contribution in [0.25, 0.3) is 0 Å². The smallest absolute Gasteiger partial charge is 0.320 e. The zero-order valence-corrected chi connectivity index (χ0v) is 11.7. The van der Waals surface area contributed by atoms with Gasteiger partial charge in [0.15, 0.2) is 0 Å². The molecule has 1 N–H and O–H groups in total.